The van der Waals surface area contributed by atoms with Gasteiger partial charge in [-0.05, 0) is 44.0 Å². The first-order chi connectivity index (χ1) is 11.0. The highest BCUT2D eigenvalue weighted by Crippen LogP contribution is 2.16. The van der Waals surface area contributed by atoms with Gasteiger partial charge in [0.05, 0.1) is 5.56 Å². The molecule has 0 radical (unpaired) electrons. The van der Waals surface area contributed by atoms with E-state index < -0.39 is 0 Å². The number of aryl methyl sites for hydroxylation is 1. The van der Waals surface area contributed by atoms with Crippen LogP contribution in [0.4, 0.5) is 0 Å². The fourth-order valence-corrected chi connectivity index (χ4v) is 2.96. The van der Waals surface area contributed by atoms with Crippen LogP contribution in [0.1, 0.15) is 40.9 Å². The number of fused-ring (bicyclic) bond motifs is 1. The van der Waals surface area contributed by atoms with E-state index in [0.29, 0.717) is 5.56 Å². The van der Waals surface area contributed by atoms with E-state index in [4.69, 9.17) is 0 Å². The third-order valence-electron chi connectivity index (χ3n) is 4.07. The molecule has 0 saturated heterocycles. The Morgan fingerprint density at radius 1 is 1.09 bits per heavy atom. The molecule has 1 amide bonds. The van der Waals surface area contributed by atoms with Crippen LogP contribution < -0.4 is 15.8 Å². The Morgan fingerprint density at radius 3 is 2.57 bits per heavy atom. The van der Waals surface area contributed by atoms with E-state index in [9.17, 15) is 4.79 Å². The summed E-state index contributed by atoms with van der Waals surface area (Å²) >= 11 is 0. The van der Waals surface area contributed by atoms with E-state index in [1.807, 2.05) is 43.3 Å². The van der Waals surface area contributed by atoms with Crippen molar-refractivity contribution in [3.8, 4) is 0 Å². The molecule has 1 aliphatic heterocycles. The molecule has 0 saturated carbocycles. The van der Waals surface area contributed by atoms with Gasteiger partial charge in [0.2, 0.25) is 0 Å². The first-order valence-corrected chi connectivity index (χ1v) is 7.82. The van der Waals surface area contributed by atoms with Gasteiger partial charge in [-0.15, -0.1) is 0 Å². The van der Waals surface area contributed by atoms with Gasteiger partial charge in [0.15, 0.2) is 0 Å². The lowest BCUT2D eigenvalue weighted by Crippen LogP contribution is -2.90. The molecule has 1 heterocycles. The number of hydrazine groups is 1. The van der Waals surface area contributed by atoms with Crippen LogP contribution in [0.25, 0.3) is 0 Å². The van der Waals surface area contributed by atoms with Crippen LogP contribution in [0.3, 0.4) is 0 Å². The average Bonchev–Trinajstić information content (AvgIpc) is 2.51. The lowest BCUT2D eigenvalue weighted by atomic mass is 9.89. The zero-order valence-corrected chi connectivity index (χ0v) is 13.7. The van der Waals surface area contributed by atoms with E-state index in [2.05, 4.69) is 41.8 Å². The standard InChI is InChI=1S/C19H21N3O/c1-13-8-4-6-10-15(13)18(23)22-21-17-16-11-7-5-9-14(16)12-19(2,3)20-17/h4-11H,12H2,1-3H3,(H,20,21)(H,22,23)/p+1. The van der Waals surface area contributed by atoms with Crippen LogP contribution in [-0.4, -0.2) is 17.3 Å². The van der Waals surface area contributed by atoms with Gasteiger partial charge in [-0.3, -0.25) is 9.79 Å². The zero-order chi connectivity index (χ0) is 16.4. The normalized spacial score (nSPS) is 15.3. The van der Waals surface area contributed by atoms with Gasteiger partial charge >= 0.3 is 0 Å². The highest BCUT2D eigenvalue weighted by molar-refractivity contribution is 6.00. The number of hydrogen-bond acceptors (Lipinski definition) is 2. The number of carbonyl (C=O) groups excluding carboxylic acids is 1. The maximum absolute atomic E-state index is 12.4. The molecule has 4 heteroatoms. The van der Waals surface area contributed by atoms with Crippen molar-refractivity contribution < 1.29 is 9.79 Å². The quantitative estimate of drug-likeness (QED) is 0.691. The van der Waals surface area contributed by atoms with Gasteiger partial charge < -0.3 is 0 Å². The largest absolute Gasteiger partial charge is 0.299 e. The molecule has 3 N–H and O–H groups in total. The van der Waals surface area contributed by atoms with Gasteiger partial charge in [-0.25, -0.2) is 0 Å². The molecule has 0 aliphatic carbocycles. The van der Waals surface area contributed by atoms with Crippen LogP contribution >= 0.6 is 0 Å². The fourth-order valence-electron chi connectivity index (χ4n) is 2.96. The molecule has 23 heavy (non-hydrogen) atoms. The molecule has 0 bridgehead atoms. The fraction of sp³-hybridized carbons (Fsp3) is 0.263. The van der Waals surface area contributed by atoms with Crippen molar-refractivity contribution in [3.05, 3.63) is 70.8 Å². The van der Waals surface area contributed by atoms with Crippen LogP contribution in [-0.2, 0) is 6.42 Å². The highest BCUT2D eigenvalue weighted by atomic mass is 16.2. The zero-order valence-electron chi connectivity index (χ0n) is 13.7. The number of hydrogen-bond donors (Lipinski definition) is 3. The molecule has 0 fully saturated rings. The molecule has 3 rings (SSSR count). The lowest BCUT2D eigenvalue weighted by molar-refractivity contribution is -0.547. The number of benzene rings is 2. The number of amides is 1. The van der Waals surface area contributed by atoms with E-state index >= 15 is 0 Å². The van der Waals surface area contributed by atoms with Crippen molar-refractivity contribution in [1.29, 1.82) is 0 Å². The van der Waals surface area contributed by atoms with Crippen molar-refractivity contribution in [1.82, 2.24) is 10.9 Å². The van der Waals surface area contributed by atoms with E-state index in [1.165, 1.54) is 5.56 Å². The molecule has 2 aromatic rings. The summed E-state index contributed by atoms with van der Waals surface area (Å²) in [5.41, 5.74) is 9.78. The Morgan fingerprint density at radius 2 is 1.78 bits per heavy atom. The molecule has 118 valence electrons. The van der Waals surface area contributed by atoms with Gasteiger partial charge in [0.25, 0.3) is 11.7 Å². The minimum atomic E-state index is -0.140. The van der Waals surface area contributed by atoms with Gasteiger partial charge in [0.1, 0.15) is 5.54 Å². The first-order valence-electron chi connectivity index (χ1n) is 7.82. The second-order valence-corrected chi connectivity index (χ2v) is 6.61. The summed E-state index contributed by atoms with van der Waals surface area (Å²) in [6.45, 7) is 6.22. The molecule has 0 spiro atoms. The van der Waals surface area contributed by atoms with Gasteiger partial charge in [-0.2, -0.15) is 10.9 Å². The van der Waals surface area contributed by atoms with Crippen molar-refractivity contribution >= 4 is 11.7 Å². The molecule has 0 unspecified atom stereocenters. The minimum absolute atomic E-state index is 0.0654. The van der Waals surface area contributed by atoms with Gasteiger partial charge in [0, 0.05) is 12.0 Å². The molecule has 1 aliphatic rings. The lowest BCUT2D eigenvalue weighted by Gasteiger charge is -2.25. The van der Waals surface area contributed by atoms with Crippen LogP contribution in [0.15, 0.2) is 48.5 Å². The summed E-state index contributed by atoms with van der Waals surface area (Å²) in [4.78, 5) is 15.8. The van der Waals surface area contributed by atoms with Crippen LogP contribution in [0.5, 0.6) is 0 Å². The Hall–Kier alpha value is -2.62. The van der Waals surface area contributed by atoms with Crippen molar-refractivity contribution in [2.45, 2.75) is 32.7 Å². The Labute approximate surface area is 136 Å². The van der Waals surface area contributed by atoms with Crippen LogP contribution in [0.2, 0.25) is 0 Å². The maximum Gasteiger partial charge on any atom is 0.299 e. The van der Waals surface area contributed by atoms with E-state index in [-0.39, 0.29) is 11.4 Å². The van der Waals surface area contributed by atoms with E-state index in [0.717, 1.165) is 23.4 Å². The Bertz CT molecular complexity index is 778. The third kappa shape index (κ3) is 3.26. The minimum Gasteiger partial charge on any atom is -0.267 e. The molecular weight excluding hydrogens is 286 g/mol. The van der Waals surface area contributed by atoms with E-state index in [1.54, 1.807) is 0 Å². The number of rotatable bonds is 1. The number of carbonyl (C=O) groups is 1. The van der Waals surface area contributed by atoms with Gasteiger partial charge in [-0.1, -0.05) is 36.4 Å². The SMILES string of the molecule is Cc1ccccc1C(=O)NNC1=[NH+]C(C)(C)Cc2ccccc21. The highest BCUT2D eigenvalue weighted by Gasteiger charge is 2.31. The summed E-state index contributed by atoms with van der Waals surface area (Å²) < 4.78 is 0. The molecule has 2 aromatic carbocycles. The Balaban J connectivity index is 1.81. The molecule has 4 nitrogen and oxygen atoms in total. The monoisotopic (exact) mass is 308 g/mol. The summed E-state index contributed by atoms with van der Waals surface area (Å²) in [5, 5.41) is 0. The summed E-state index contributed by atoms with van der Waals surface area (Å²) in [6.07, 6.45) is 0.945. The summed E-state index contributed by atoms with van der Waals surface area (Å²) in [7, 11) is 0. The second-order valence-electron chi connectivity index (χ2n) is 6.61. The summed E-state index contributed by atoms with van der Waals surface area (Å²) in [5.74, 6) is 0.692. The second kappa shape index (κ2) is 5.88. The van der Waals surface area contributed by atoms with Crippen molar-refractivity contribution in [2.24, 2.45) is 0 Å². The molecule has 0 atom stereocenters. The smallest absolute Gasteiger partial charge is 0.267 e. The Kier molecular flexibility index (Phi) is 3.90. The number of nitrogens with one attached hydrogen (secondary N) is 3. The molecule has 0 aromatic heterocycles. The molecular formula is C19H22N3O+. The third-order valence-corrected chi connectivity index (χ3v) is 4.07. The first kappa shape index (κ1) is 15.3. The summed E-state index contributed by atoms with van der Waals surface area (Å²) in [6, 6.07) is 15.8. The number of amidine groups is 1. The van der Waals surface area contributed by atoms with Crippen molar-refractivity contribution in [2.75, 3.05) is 0 Å². The van der Waals surface area contributed by atoms with Crippen molar-refractivity contribution in [3.63, 3.8) is 0 Å². The van der Waals surface area contributed by atoms with Crippen LogP contribution in [0, 0.1) is 6.92 Å². The average molecular weight is 308 g/mol. The predicted octanol–water partition coefficient (Wildman–Crippen LogP) is 1.09. The maximum atomic E-state index is 12.4. The predicted molar refractivity (Wildman–Crippen MR) is 91.1 cm³/mol. The topological polar surface area (TPSA) is 55.1 Å².